The van der Waals surface area contributed by atoms with Gasteiger partial charge in [-0.15, -0.1) is 0 Å². The highest BCUT2D eigenvalue weighted by atomic mass is 19.1. The Labute approximate surface area is 119 Å². The standard InChI is InChI=1S/C15H13F3N2O/c1-8-2-3-9(4-11(8)16)7-20-14-5-10(15(19)21)12(17)6-13(14)18/h2-6,20H,7H2,1H3,(H2,19,21). The highest BCUT2D eigenvalue weighted by molar-refractivity contribution is 5.94. The summed E-state index contributed by atoms with van der Waals surface area (Å²) in [5.41, 5.74) is 5.60. The zero-order valence-corrected chi connectivity index (χ0v) is 11.2. The van der Waals surface area contributed by atoms with E-state index >= 15 is 0 Å². The zero-order chi connectivity index (χ0) is 15.6. The summed E-state index contributed by atoms with van der Waals surface area (Å²) in [6.07, 6.45) is 0. The summed E-state index contributed by atoms with van der Waals surface area (Å²) in [4.78, 5) is 11.0. The summed E-state index contributed by atoms with van der Waals surface area (Å²) in [7, 11) is 0. The summed E-state index contributed by atoms with van der Waals surface area (Å²) in [5.74, 6) is -3.24. The van der Waals surface area contributed by atoms with Gasteiger partial charge in [-0.25, -0.2) is 13.2 Å². The summed E-state index contributed by atoms with van der Waals surface area (Å²) in [6.45, 7) is 1.75. The maximum Gasteiger partial charge on any atom is 0.251 e. The van der Waals surface area contributed by atoms with Gasteiger partial charge in [0.25, 0.3) is 5.91 Å². The van der Waals surface area contributed by atoms with E-state index in [0.717, 1.165) is 6.07 Å². The number of nitrogens with one attached hydrogen (secondary N) is 1. The van der Waals surface area contributed by atoms with Crippen molar-refractivity contribution in [2.24, 2.45) is 5.73 Å². The van der Waals surface area contributed by atoms with Crippen LogP contribution >= 0.6 is 0 Å². The molecule has 0 aliphatic heterocycles. The Bertz CT molecular complexity index is 702. The molecule has 1 amide bonds. The lowest BCUT2D eigenvalue weighted by Gasteiger charge is -2.10. The fourth-order valence-electron chi connectivity index (χ4n) is 1.82. The molecule has 0 bridgehead atoms. The van der Waals surface area contributed by atoms with Crippen LogP contribution in [0.25, 0.3) is 0 Å². The maximum atomic E-state index is 13.6. The van der Waals surface area contributed by atoms with Crippen LogP contribution in [0.5, 0.6) is 0 Å². The topological polar surface area (TPSA) is 55.1 Å². The Balaban J connectivity index is 2.21. The molecule has 3 N–H and O–H groups in total. The lowest BCUT2D eigenvalue weighted by Crippen LogP contribution is -2.14. The van der Waals surface area contributed by atoms with Gasteiger partial charge in [0.2, 0.25) is 0 Å². The van der Waals surface area contributed by atoms with E-state index in [9.17, 15) is 18.0 Å². The first-order valence-electron chi connectivity index (χ1n) is 6.16. The number of rotatable bonds is 4. The predicted octanol–water partition coefficient (Wildman–Crippen LogP) is 3.12. The monoisotopic (exact) mass is 294 g/mol. The Morgan fingerprint density at radius 2 is 1.81 bits per heavy atom. The van der Waals surface area contributed by atoms with Gasteiger partial charge in [0, 0.05) is 12.6 Å². The Morgan fingerprint density at radius 3 is 2.43 bits per heavy atom. The summed E-state index contributed by atoms with van der Waals surface area (Å²) in [6, 6.07) is 6.18. The fraction of sp³-hybridized carbons (Fsp3) is 0.133. The normalized spacial score (nSPS) is 10.5. The molecular formula is C15H13F3N2O. The lowest BCUT2D eigenvalue weighted by molar-refractivity contribution is 0.0996. The average molecular weight is 294 g/mol. The van der Waals surface area contributed by atoms with Crippen molar-refractivity contribution < 1.29 is 18.0 Å². The van der Waals surface area contributed by atoms with Crippen molar-refractivity contribution in [1.29, 1.82) is 0 Å². The SMILES string of the molecule is Cc1ccc(CNc2cc(C(N)=O)c(F)cc2F)cc1F. The molecule has 0 radical (unpaired) electrons. The molecule has 0 aliphatic rings. The number of aryl methyl sites for hydroxylation is 1. The Morgan fingerprint density at radius 1 is 1.10 bits per heavy atom. The number of nitrogens with two attached hydrogens (primary N) is 1. The van der Waals surface area contributed by atoms with Crippen molar-refractivity contribution in [2.75, 3.05) is 5.32 Å². The second-order valence-corrected chi connectivity index (χ2v) is 4.61. The fourth-order valence-corrected chi connectivity index (χ4v) is 1.82. The van der Waals surface area contributed by atoms with E-state index < -0.39 is 23.1 Å². The van der Waals surface area contributed by atoms with Crippen molar-refractivity contribution in [3.63, 3.8) is 0 Å². The van der Waals surface area contributed by atoms with E-state index in [2.05, 4.69) is 5.32 Å². The molecule has 0 unspecified atom stereocenters. The van der Waals surface area contributed by atoms with E-state index in [-0.39, 0.29) is 18.0 Å². The molecule has 0 aromatic heterocycles. The number of anilines is 1. The van der Waals surface area contributed by atoms with Gasteiger partial charge < -0.3 is 11.1 Å². The molecule has 3 nitrogen and oxygen atoms in total. The van der Waals surface area contributed by atoms with Crippen molar-refractivity contribution >= 4 is 11.6 Å². The molecule has 0 saturated carbocycles. The molecule has 21 heavy (non-hydrogen) atoms. The van der Waals surface area contributed by atoms with Crippen molar-refractivity contribution in [2.45, 2.75) is 13.5 Å². The van der Waals surface area contributed by atoms with Crippen LogP contribution in [0.4, 0.5) is 18.9 Å². The summed E-state index contributed by atoms with van der Waals surface area (Å²) in [5, 5.41) is 2.68. The maximum absolute atomic E-state index is 13.6. The van der Waals surface area contributed by atoms with E-state index in [0.29, 0.717) is 17.2 Å². The molecular weight excluding hydrogens is 281 g/mol. The second-order valence-electron chi connectivity index (χ2n) is 4.61. The van der Waals surface area contributed by atoms with E-state index in [1.807, 2.05) is 0 Å². The Hall–Kier alpha value is -2.50. The average Bonchev–Trinajstić information content (AvgIpc) is 2.41. The van der Waals surface area contributed by atoms with Crippen molar-refractivity contribution in [1.82, 2.24) is 0 Å². The van der Waals surface area contributed by atoms with Crippen LogP contribution in [-0.4, -0.2) is 5.91 Å². The third kappa shape index (κ3) is 3.34. The third-order valence-electron chi connectivity index (χ3n) is 3.04. The number of halogens is 3. The smallest absolute Gasteiger partial charge is 0.251 e. The molecule has 0 fully saturated rings. The van der Waals surface area contributed by atoms with Gasteiger partial charge in [-0.1, -0.05) is 12.1 Å². The second kappa shape index (κ2) is 5.87. The van der Waals surface area contributed by atoms with Gasteiger partial charge in [0.15, 0.2) is 0 Å². The molecule has 2 aromatic carbocycles. The van der Waals surface area contributed by atoms with Crippen LogP contribution in [0.2, 0.25) is 0 Å². The quantitative estimate of drug-likeness (QED) is 0.910. The van der Waals surface area contributed by atoms with Gasteiger partial charge in [-0.3, -0.25) is 4.79 Å². The summed E-state index contributed by atoms with van der Waals surface area (Å²) >= 11 is 0. The number of hydrogen-bond acceptors (Lipinski definition) is 2. The minimum Gasteiger partial charge on any atom is -0.379 e. The molecule has 0 atom stereocenters. The first-order chi connectivity index (χ1) is 9.88. The van der Waals surface area contributed by atoms with Crippen LogP contribution in [0.1, 0.15) is 21.5 Å². The number of hydrogen-bond donors (Lipinski definition) is 2. The molecule has 2 aromatic rings. The van der Waals surface area contributed by atoms with Crippen LogP contribution in [0.15, 0.2) is 30.3 Å². The van der Waals surface area contributed by atoms with Crippen molar-refractivity contribution in [3.8, 4) is 0 Å². The predicted molar refractivity (Wildman–Crippen MR) is 73.3 cm³/mol. The van der Waals surface area contributed by atoms with Crippen LogP contribution < -0.4 is 11.1 Å². The third-order valence-corrected chi connectivity index (χ3v) is 3.04. The number of carbonyl (C=O) groups is 1. The highest BCUT2D eigenvalue weighted by Gasteiger charge is 2.13. The van der Waals surface area contributed by atoms with Gasteiger partial charge in [-0.2, -0.15) is 0 Å². The number of amides is 1. The minimum absolute atomic E-state index is 0.0776. The van der Waals surface area contributed by atoms with Crippen LogP contribution in [-0.2, 0) is 6.54 Å². The number of primary amides is 1. The molecule has 0 saturated heterocycles. The van der Waals surface area contributed by atoms with Crippen molar-refractivity contribution in [3.05, 3.63) is 64.5 Å². The molecule has 6 heteroatoms. The van der Waals surface area contributed by atoms with Gasteiger partial charge in [0.05, 0.1) is 11.3 Å². The molecule has 0 aliphatic carbocycles. The number of benzene rings is 2. The largest absolute Gasteiger partial charge is 0.379 e. The minimum atomic E-state index is -1.02. The highest BCUT2D eigenvalue weighted by Crippen LogP contribution is 2.20. The number of carbonyl (C=O) groups excluding carboxylic acids is 1. The van der Waals surface area contributed by atoms with E-state index in [1.54, 1.807) is 19.1 Å². The molecule has 110 valence electrons. The zero-order valence-electron chi connectivity index (χ0n) is 11.2. The molecule has 2 rings (SSSR count). The van der Waals surface area contributed by atoms with Gasteiger partial charge in [0.1, 0.15) is 17.5 Å². The lowest BCUT2D eigenvalue weighted by atomic mass is 10.1. The first-order valence-corrected chi connectivity index (χ1v) is 6.16. The van der Waals surface area contributed by atoms with Gasteiger partial charge in [-0.05, 0) is 30.2 Å². The molecule has 0 heterocycles. The Kier molecular flexibility index (Phi) is 4.16. The van der Waals surface area contributed by atoms with E-state index in [4.69, 9.17) is 5.73 Å². The summed E-state index contributed by atoms with van der Waals surface area (Å²) < 4.78 is 40.3. The van der Waals surface area contributed by atoms with Crippen LogP contribution in [0, 0.1) is 24.4 Å². The van der Waals surface area contributed by atoms with Crippen LogP contribution in [0.3, 0.4) is 0 Å². The van der Waals surface area contributed by atoms with Gasteiger partial charge >= 0.3 is 0 Å². The first kappa shape index (κ1) is 14.9. The van der Waals surface area contributed by atoms with E-state index in [1.165, 1.54) is 6.07 Å². The molecule has 0 spiro atoms.